The molecule has 6 nitrogen and oxygen atoms in total. The van der Waals surface area contributed by atoms with E-state index in [1.54, 1.807) is 0 Å². The Morgan fingerprint density at radius 3 is 2.69 bits per heavy atom. The van der Waals surface area contributed by atoms with Gasteiger partial charge in [0, 0.05) is 31.5 Å². The van der Waals surface area contributed by atoms with Crippen molar-refractivity contribution in [2.24, 2.45) is 0 Å². The van der Waals surface area contributed by atoms with Gasteiger partial charge in [-0.1, -0.05) is 12.6 Å². The minimum absolute atomic E-state index is 0.102. The highest BCUT2D eigenvalue weighted by molar-refractivity contribution is 5.43. The lowest BCUT2D eigenvalue weighted by atomic mass is 10.1. The zero-order chi connectivity index (χ0) is 18.9. The summed E-state index contributed by atoms with van der Waals surface area (Å²) in [5, 5.41) is 9.38. The number of H-pyrrole nitrogens is 1. The van der Waals surface area contributed by atoms with E-state index in [-0.39, 0.29) is 6.61 Å². The van der Waals surface area contributed by atoms with Gasteiger partial charge in [-0.15, -0.1) is 0 Å². The van der Waals surface area contributed by atoms with Crippen LogP contribution >= 0.6 is 0 Å². The Kier molecular flexibility index (Phi) is 7.69. The molecule has 0 aliphatic heterocycles. The Hall–Kier alpha value is -2.31. The van der Waals surface area contributed by atoms with Crippen LogP contribution in [0.4, 0.5) is 0 Å². The lowest BCUT2D eigenvalue weighted by Crippen LogP contribution is -2.26. The number of aliphatic hydroxyl groups is 1. The molecule has 0 bridgehead atoms. The van der Waals surface area contributed by atoms with Gasteiger partial charge >= 0.3 is 0 Å². The number of aromatic nitrogens is 2. The highest BCUT2D eigenvalue weighted by Gasteiger charge is 2.12. The average Bonchev–Trinajstić information content (AvgIpc) is 2.99. The van der Waals surface area contributed by atoms with E-state index in [0.29, 0.717) is 32.8 Å². The molecular formula is C20H29N3O3. The quantitative estimate of drug-likeness (QED) is 0.604. The van der Waals surface area contributed by atoms with Gasteiger partial charge in [0.15, 0.2) is 11.5 Å². The van der Waals surface area contributed by atoms with Gasteiger partial charge in [0.1, 0.15) is 12.4 Å². The first-order chi connectivity index (χ1) is 12.5. The number of aryl methyl sites for hydroxylation is 1. The van der Waals surface area contributed by atoms with E-state index in [0.717, 1.165) is 34.2 Å². The molecule has 26 heavy (non-hydrogen) atoms. The molecule has 0 fully saturated rings. The van der Waals surface area contributed by atoms with Crippen molar-refractivity contribution in [2.75, 3.05) is 26.4 Å². The maximum atomic E-state index is 9.38. The molecule has 0 radical (unpaired) electrons. The van der Waals surface area contributed by atoms with E-state index in [4.69, 9.17) is 9.47 Å². The summed E-state index contributed by atoms with van der Waals surface area (Å²) < 4.78 is 11.5. The maximum absolute atomic E-state index is 9.38. The Morgan fingerprint density at radius 2 is 2.08 bits per heavy atom. The number of aromatic amines is 1. The Balaban J connectivity index is 2.11. The zero-order valence-electron chi connectivity index (χ0n) is 15.9. The van der Waals surface area contributed by atoms with Crippen LogP contribution in [-0.4, -0.2) is 46.3 Å². The Morgan fingerprint density at radius 1 is 1.27 bits per heavy atom. The Labute approximate surface area is 155 Å². The third-order valence-corrected chi connectivity index (χ3v) is 3.75. The minimum atomic E-state index is 0.102. The second kappa shape index (κ2) is 9.99. The molecule has 0 saturated heterocycles. The number of hydrogen-bond acceptors (Lipinski definition) is 5. The van der Waals surface area contributed by atoms with Crippen molar-refractivity contribution >= 4 is 0 Å². The molecule has 0 aliphatic carbocycles. The van der Waals surface area contributed by atoms with Crippen molar-refractivity contribution in [2.45, 2.75) is 33.9 Å². The van der Waals surface area contributed by atoms with Crippen LogP contribution in [0.5, 0.6) is 11.5 Å². The third kappa shape index (κ3) is 6.20. The second-order valence-electron chi connectivity index (χ2n) is 6.39. The van der Waals surface area contributed by atoms with Gasteiger partial charge < -0.3 is 19.6 Å². The predicted octanol–water partition coefficient (Wildman–Crippen LogP) is 3.07. The van der Waals surface area contributed by atoms with Crippen LogP contribution in [-0.2, 0) is 13.1 Å². The molecule has 1 aromatic carbocycles. The average molecular weight is 359 g/mol. The fourth-order valence-electron chi connectivity index (χ4n) is 2.65. The van der Waals surface area contributed by atoms with Crippen molar-refractivity contribution in [3.05, 3.63) is 53.6 Å². The number of nitrogens with zero attached hydrogens (tertiary/aromatic N) is 2. The largest absolute Gasteiger partial charge is 0.490 e. The summed E-state index contributed by atoms with van der Waals surface area (Å²) in [7, 11) is 0. The number of ether oxygens (including phenoxy) is 2. The first-order valence-corrected chi connectivity index (χ1v) is 8.88. The Bertz CT molecular complexity index is 712. The smallest absolute Gasteiger partial charge is 0.161 e. The molecule has 6 heteroatoms. The molecule has 0 spiro atoms. The van der Waals surface area contributed by atoms with Crippen LogP contribution in [0.2, 0.25) is 0 Å². The predicted molar refractivity (Wildman–Crippen MR) is 102 cm³/mol. The van der Waals surface area contributed by atoms with E-state index >= 15 is 0 Å². The molecule has 1 aromatic heterocycles. The van der Waals surface area contributed by atoms with Crippen molar-refractivity contribution in [3.8, 4) is 11.5 Å². The normalized spacial score (nSPS) is 11.0. The summed E-state index contributed by atoms with van der Waals surface area (Å²) >= 11 is 0. The number of imidazole rings is 1. The van der Waals surface area contributed by atoms with Gasteiger partial charge in [-0.2, -0.15) is 0 Å². The van der Waals surface area contributed by atoms with Crippen molar-refractivity contribution in [1.82, 2.24) is 14.9 Å². The molecular weight excluding hydrogens is 330 g/mol. The first kappa shape index (κ1) is 20.0. The van der Waals surface area contributed by atoms with Crippen LogP contribution < -0.4 is 9.47 Å². The second-order valence-corrected chi connectivity index (χ2v) is 6.39. The van der Waals surface area contributed by atoms with Crippen LogP contribution in [0.25, 0.3) is 0 Å². The lowest BCUT2D eigenvalue weighted by Gasteiger charge is -2.21. The molecule has 2 rings (SSSR count). The van der Waals surface area contributed by atoms with Crippen LogP contribution in [0.1, 0.15) is 30.9 Å². The molecule has 0 unspecified atom stereocenters. The van der Waals surface area contributed by atoms with Crippen molar-refractivity contribution in [3.63, 3.8) is 0 Å². The lowest BCUT2D eigenvalue weighted by molar-refractivity contribution is 0.182. The molecule has 0 amide bonds. The summed E-state index contributed by atoms with van der Waals surface area (Å²) in [6, 6.07) is 5.96. The van der Waals surface area contributed by atoms with Crippen LogP contribution in [0, 0.1) is 6.92 Å². The van der Waals surface area contributed by atoms with Gasteiger partial charge in [-0.25, -0.2) is 4.98 Å². The van der Waals surface area contributed by atoms with Crippen molar-refractivity contribution in [1.29, 1.82) is 0 Å². The van der Waals surface area contributed by atoms with E-state index in [1.807, 2.05) is 45.2 Å². The van der Waals surface area contributed by atoms with E-state index in [2.05, 4.69) is 21.4 Å². The number of aliphatic hydroxyl groups excluding tert-OH is 1. The monoisotopic (exact) mass is 359 g/mol. The fourth-order valence-corrected chi connectivity index (χ4v) is 2.65. The van der Waals surface area contributed by atoms with E-state index in [1.165, 1.54) is 0 Å². The van der Waals surface area contributed by atoms with Gasteiger partial charge in [-0.05, 0) is 44.0 Å². The number of hydrogen-bond donors (Lipinski definition) is 2. The topological polar surface area (TPSA) is 70.6 Å². The van der Waals surface area contributed by atoms with Crippen LogP contribution in [0.15, 0.2) is 36.5 Å². The summed E-state index contributed by atoms with van der Waals surface area (Å²) in [6.07, 6.45) is 1.83. The highest BCUT2D eigenvalue weighted by Crippen LogP contribution is 2.29. The third-order valence-electron chi connectivity index (χ3n) is 3.75. The standard InChI is InChI=1S/C20H29N3O3/c1-5-25-20-10-17(6-7-19(20)26-14-15(2)3)12-23(8-9-24)13-18-11-21-16(4)22-18/h6-7,10-11,24H,2,5,8-9,12-14H2,1,3-4H3,(H,21,22). The van der Waals surface area contributed by atoms with E-state index in [9.17, 15) is 5.11 Å². The van der Waals surface area contributed by atoms with Gasteiger partial charge in [0.2, 0.25) is 0 Å². The zero-order valence-corrected chi connectivity index (χ0v) is 15.9. The molecule has 0 aliphatic rings. The summed E-state index contributed by atoms with van der Waals surface area (Å²) in [5.74, 6) is 2.34. The molecule has 2 N–H and O–H groups in total. The van der Waals surface area contributed by atoms with E-state index < -0.39 is 0 Å². The van der Waals surface area contributed by atoms with Crippen molar-refractivity contribution < 1.29 is 14.6 Å². The van der Waals surface area contributed by atoms with Crippen LogP contribution in [0.3, 0.4) is 0 Å². The minimum Gasteiger partial charge on any atom is -0.490 e. The fraction of sp³-hybridized carbons (Fsp3) is 0.450. The maximum Gasteiger partial charge on any atom is 0.161 e. The summed E-state index contributed by atoms with van der Waals surface area (Å²) in [6.45, 7) is 12.8. The summed E-state index contributed by atoms with van der Waals surface area (Å²) in [5.41, 5.74) is 3.09. The van der Waals surface area contributed by atoms with Gasteiger partial charge in [0.05, 0.1) is 13.2 Å². The number of rotatable bonds is 11. The number of benzene rings is 1. The molecule has 0 saturated carbocycles. The highest BCUT2D eigenvalue weighted by atomic mass is 16.5. The first-order valence-electron chi connectivity index (χ1n) is 8.88. The SMILES string of the molecule is C=C(C)COc1ccc(CN(CCO)Cc2cnc(C)[nH]2)cc1OCC. The molecule has 2 aromatic rings. The molecule has 0 atom stereocenters. The molecule has 142 valence electrons. The molecule has 1 heterocycles. The van der Waals surface area contributed by atoms with Gasteiger partial charge in [0.25, 0.3) is 0 Å². The summed E-state index contributed by atoms with van der Waals surface area (Å²) in [4.78, 5) is 9.62. The number of nitrogens with one attached hydrogen (secondary N) is 1. The van der Waals surface area contributed by atoms with Gasteiger partial charge in [-0.3, -0.25) is 4.90 Å².